The molecule has 1 rings (SSSR count). The van der Waals surface area contributed by atoms with Gasteiger partial charge in [0.1, 0.15) is 5.75 Å². The Morgan fingerprint density at radius 2 is 1.64 bits per heavy atom. The van der Waals surface area contributed by atoms with E-state index in [1.807, 2.05) is 6.07 Å². The summed E-state index contributed by atoms with van der Waals surface area (Å²) in [7, 11) is -2.00. The van der Waals surface area contributed by atoms with E-state index in [0.29, 0.717) is 27.2 Å². The minimum absolute atomic E-state index is 0.0170. The summed E-state index contributed by atoms with van der Waals surface area (Å²) in [5, 5.41) is 0.733. The lowest BCUT2D eigenvalue weighted by Crippen LogP contribution is -2.50. The van der Waals surface area contributed by atoms with E-state index in [2.05, 4.69) is 57.5 Å². The Morgan fingerprint density at radius 3 is 2.00 bits per heavy atom. The fourth-order valence-corrected chi connectivity index (χ4v) is 9.24. The Kier molecular flexibility index (Phi) is 7.15. The molecule has 1 aromatic rings. The van der Waals surface area contributed by atoms with Crippen molar-refractivity contribution in [3.63, 3.8) is 0 Å². The first-order valence-electron chi connectivity index (χ1n) is 7.74. The van der Waals surface area contributed by atoms with Crippen molar-refractivity contribution < 1.29 is 9.22 Å². The molecule has 0 aliphatic heterocycles. The lowest BCUT2D eigenvalue weighted by Gasteiger charge is -2.42. The van der Waals surface area contributed by atoms with Crippen molar-refractivity contribution in [3.05, 3.63) is 28.8 Å². The largest absolute Gasteiger partial charge is 0.543 e. The molecule has 0 aliphatic rings. The lowest BCUT2D eigenvalue weighted by molar-refractivity contribution is 0.102. The van der Waals surface area contributed by atoms with Gasteiger partial charge in [0.15, 0.2) is 5.78 Å². The van der Waals surface area contributed by atoms with Crippen LogP contribution in [0.3, 0.4) is 0 Å². The van der Waals surface area contributed by atoms with Crippen LogP contribution in [-0.4, -0.2) is 19.4 Å². The molecule has 0 saturated heterocycles. The fourth-order valence-electron chi connectivity index (χ4n) is 3.42. The first-order valence-corrected chi connectivity index (χ1v) is 11.4. The molecule has 0 bridgehead atoms. The zero-order valence-corrected chi connectivity index (χ0v) is 17.6. The maximum Gasteiger partial charge on any atom is 0.258 e. The molecule has 0 atom stereocenters. The van der Waals surface area contributed by atoms with E-state index in [4.69, 9.17) is 16.0 Å². The Labute approximate surface area is 148 Å². The van der Waals surface area contributed by atoms with E-state index in [-0.39, 0.29) is 11.1 Å². The summed E-state index contributed by atoms with van der Waals surface area (Å²) < 4.78 is 6.57. The van der Waals surface area contributed by atoms with E-state index in [1.165, 1.54) is 0 Å². The van der Waals surface area contributed by atoms with Crippen molar-refractivity contribution in [2.75, 3.05) is 5.33 Å². The Hall–Kier alpha value is -0.323. The van der Waals surface area contributed by atoms with Crippen LogP contribution in [0.5, 0.6) is 5.75 Å². The molecule has 0 saturated carbocycles. The van der Waals surface area contributed by atoms with Gasteiger partial charge in [0.25, 0.3) is 8.32 Å². The lowest BCUT2D eigenvalue weighted by atomic mass is 10.1. The highest BCUT2D eigenvalue weighted by molar-refractivity contribution is 9.09. The minimum Gasteiger partial charge on any atom is -0.543 e. The number of hydrogen-bond donors (Lipinski definition) is 0. The van der Waals surface area contributed by atoms with Crippen molar-refractivity contribution in [1.29, 1.82) is 0 Å². The Bertz CT molecular complexity index is 508. The molecule has 2 nitrogen and oxygen atoms in total. The third kappa shape index (κ3) is 3.95. The molecule has 0 radical (unpaired) electrons. The van der Waals surface area contributed by atoms with E-state index >= 15 is 0 Å². The molecule has 124 valence electrons. The molecule has 1 aromatic carbocycles. The number of Topliss-reactive ketones (excluding diaryl/α,β-unsaturated/α-hetero) is 1. The number of alkyl halides is 1. The van der Waals surface area contributed by atoms with Crippen LogP contribution in [0.1, 0.15) is 51.9 Å². The molecule has 0 amide bonds. The maximum absolute atomic E-state index is 11.8. The van der Waals surface area contributed by atoms with Gasteiger partial charge in [-0.05, 0) is 34.8 Å². The van der Waals surface area contributed by atoms with Crippen molar-refractivity contribution in [2.24, 2.45) is 0 Å². The van der Waals surface area contributed by atoms with Crippen LogP contribution in [0, 0.1) is 0 Å². The number of hydrogen-bond acceptors (Lipinski definition) is 2. The summed E-state index contributed by atoms with van der Waals surface area (Å²) in [5.74, 6) is 0.760. The number of ketones is 1. The monoisotopic (exact) mass is 404 g/mol. The van der Waals surface area contributed by atoms with Crippen molar-refractivity contribution in [3.8, 4) is 5.75 Å². The topological polar surface area (TPSA) is 26.3 Å². The van der Waals surface area contributed by atoms with Crippen LogP contribution < -0.4 is 4.43 Å². The summed E-state index contributed by atoms with van der Waals surface area (Å²) in [4.78, 5) is 11.8. The number of halogens is 2. The standard InChI is InChI=1S/C17H26BrClO2Si/c1-11(2)22(12(3)4,13(5)6)21-14-7-8-15(16(19)9-14)17(20)10-18/h7-9,11-13H,10H2,1-6H3. The molecule has 0 aromatic heterocycles. The first-order chi connectivity index (χ1) is 10.2. The number of carbonyl (C=O) groups excluding carboxylic acids is 1. The molecule has 5 heteroatoms. The van der Waals surface area contributed by atoms with Gasteiger partial charge < -0.3 is 4.43 Å². The quantitative estimate of drug-likeness (QED) is 0.295. The summed E-state index contributed by atoms with van der Waals surface area (Å²) in [5.41, 5.74) is 2.03. The second-order valence-electron chi connectivity index (χ2n) is 6.62. The van der Waals surface area contributed by atoms with Crippen molar-refractivity contribution >= 4 is 41.6 Å². The maximum atomic E-state index is 11.8. The van der Waals surface area contributed by atoms with Gasteiger partial charge in [0.05, 0.1) is 10.4 Å². The second-order valence-corrected chi connectivity index (χ2v) is 13.0. The van der Waals surface area contributed by atoms with Gasteiger partial charge in [-0.2, -0.15) is 0 Å². The van der Waals surface area contributed by atoms with Crippen LogP contribution >= 0.6 is 27.5 Å². The first kappa shape index (κ1) is 19.7. The minimum atomic E-state index is -2.00. The molecule has 0 N–H and O–H groups in total. The highest BCUT2D eigenvalue weighted by Gasteiger charge is 2.47. The number of rotatable bonds is 7. The molecular formula is C17H26BrClO2Si. The van der Waals surface area contributed by atoms with Crippen molar-refractivity contribution in [2.45, 2.75) is 58.2 Å². The van der Waals surface area contributed by atoms with Crippen LogP contribution in [0.4, 0.5) is 0 Å². The second kappa shape index (κ2) is 7.98. The van der Waals surface area contributed by atoms with E-state index < -0.39 is 8.32 Å². The smallest absolute Gasteiger partial charge is 0.258 e. The predicted octanol–water partition coefficient (Wildman–Crippen LogP) is 6.47. The van der Waals surface area contributed by atoms with E-state index in [0.717, 1.165) is 5.75 Å². The normalized spacial score (nSPS) is 12.3. The number of carbonyl (C=O) groups is 1. The van der Waals surface area contributed by atoms with Crippen LogP contribution in [0.2, 0.25) is 21.6 Å². The van der Waals surface area contributed by atoms with E-state index in [9.17, 15) is 4.79 Å². The molecule has 22 heavy (non-hydrogen) atoms. The van der Waals surface area contributed by atoms with Gasteiger partial charge in [-0.15, -0.1) is 0 Å². The fraction of sp³-hybridized carbons (Fsp3) is 0.588. The predicted molar refractivity (Wildman–Crippen MR) is 101 cm³/mol. The van der Waals surface area contributed by atoms with Gasteiger partial charge >= 0.3 is 0 Å². The third-order valence-corrected chi connectivity index (χ3v) is 11.2. The van der Waals surface area contributed by atoms with Gasteiger partial charge in [-0.25, -0.2) is 0 Å². The highest BCUT2D eigenvalue weighted by Crippen LogP contribution is 2.43. The molecule has 0 heterocycles. The van der Waals surface area contributed by atoms with Crippen LogP contribution in [0.15, 0.2) is 18.2 Å². The molecular weight excluding hydrogens is 380 g/mol. The zero-order chi connectivity index (χ0) is 17.1. The third-order valence-electron chi connectivity index (χ3n) is 4.36. The van der Waals surface area contributed by atoms with Gasteiger partial charge in [-0.1, -0.05) is 69.1 Å². The number of benzene rings is 1. The highest BCUT2D eigenvalue weighted by atomic mass is 79.9. The average molecular weight is 406 g/mol. The molecule has 0 fully saturated rings. The SMILES string of the molecule is CC(C)[Si](Oc1ccc(C(=O)CBr)c(Cl)c1)(C(C)C)C(C)C. The summed E-state index contributed by atoms with van der Waals surface area (Å²) in [6.07, 6.45) is 0. The molecule has 0 unspecified atom stereocenters. The zero-order valence-electron chi connectivity index (χ0n) is 14.2. The molecule has 0 spiro atoms. The van der Waals surface area contributed by atoms with Gasteiger partial charge in [-0.3, -0.25) is 4.79 Å². The van der Waals surface area contributed by atoms with Crippen molar-refractivity contribution in [1.82, 2.24) is 0 Å². The Morgan fingerprint density at radius 1 is 1.14 bits per heavy atom. The summed E-state index contributed by atoms with van der Waals surface area (Å²) in [6, 6.07) is 5.42. The van der Waals surface area contributed by atoms with Crippen LogP contribution in [-0.2, 0) is 0 Å². The molecule has 0 aliphatic carbocycles. The van der Waals surface area contributed by atoms with Gasteiger partial charge in [0, 0.05) is 5.56 Å². The summed E-state index contributed by atoms with van der Waals surface area (Å²) >= 11 is 9.44. The van der Waals surface area contributed by atoms with E-state index in [1.54, 1.807) is 12.1 Å². The average Bonchev–Trinajstić information content (AvgIpc) is 2.42. The van der Waals surface area contributed by atoms with Crippen LogP contribution in [0.25, 0.3) is 0 Å². The Balaban J connectivity index is 3.20. The summed E-state index contributed by atoms with van der Waals surface area (Å²) in [6.45, 7) is 13.5. The van der Waals surface area contributed by atoms with Gasteiger partial charge in [0.2, 0.25) is 0 Å².